The molecule has 0 aliphatic carbocycles. The van der Waals surface area contributed by atoms with Crippen LogP contribution in [0.3, 0.4) is 0 Å². The molecule has 0 bridgehead atoms. The lowest BCUT2D eigenvalue weighted by molar-refractivity contribution is -0.384. The first kappa shape index (κ1) is 10.6. The number of halogens is 1. The topological polar surface area (TPSA) is 78.4 Å². The summed E-state index contributed by atoms with van der Waals surface area (Å²) in [4.78, 5) is 9.99. The van der Waals surface area contributed by atoms with E-state index in [1.165, 1.54) is 6.07 Å². The largest absolute Gasteiger partial charge is 0.493 e. The van der Waals surface area contributed by atoms with Crippen LogP contribution in [0.5, 0.6) is 5.75 Å². The molecule has 5 nitrogen and oxygen atoms in total. The van der Waals surface area contributed by atoms with E-state index in [9.17, 15) is 10.1 Å². The van der Waals surface area contributed by atoms with E-state index < -0.39 is 4.92 Å². The van der Waals surface area contributed by atoms with E-state index in [0.717, 1.165) is 12.0 Å². The highest BCUT2D eigenvalue weighted by Gasteiger charge is 2.20. The average Bonchev–Trinajstić information content (AvgIpc) is 2.48. The molecule has 76 valence electrons. The number of rotatable bonds is 1. The lowest BCUT2D eigenvalue weighted by Gasteiger charge is -2.00. The highest BCUT2D eigenvalue weighted by Crippen LogP contribution is 2.33. The molecule has 0 saturated heterocycles. The van der Waals surface area contributed by atoms with Crippen LogP contribution in [0.1, 0.15) is 5.56 Å². The number of anilines is 1. The maximum atomic E-state index is 10.5. The number of nitrogen functional groups attached to an aromatic ring is 1. The number of nitrogens with zero attached hydrogens (tertiary/aromatic N) is 1. The molecule has 2 N–H and O–H groups in total. The number of nitrogens with two attached hydrogens (primary N) is 1. The van der Waals surface area contributed by atoms with Crippen molar-refractivity contribution in [3.8, 4) is 5.75 Å². The van der Waals surface area contributed by atoms with Gasteiger partial charge in [0.1, 0.15) is 11.4 Å². The standard InChI is InChI=1S/C8H8N2O3.ClH/c9-6-3-5-1-2-13-8(5)4-7(6)10(11)12;/h3-4H,1-2,9H2;1H. The Morgan fingerprint density at radius 1 is 1.50 bits per heavy atom. The molecule has 0 saturated carbocycles. The van der Waals surface area contributed by atoms with Crippen LogP contribution in [0.4, 0.5) is 11.4 Å². The zero-order valence-corrected chi connectivity index (χ0v) is 8.04. The summed E-state index contributed by atoms with van der Waals surface area (Å²) in [6.45, 7) is 0.579. The normalized spacial score (nSPS) is 12.6. The van der Waals surface area contributed by atoms with Crippen LogP contribution >= 0.6 is 12.4 Å². The monoisotopic (exact) mass is 216 g/mol. The van der Waals surface area contributed by atoms with E-state index in [-0.39, 0.29) is 23.8 Å². The van der Waals surface area contributed by atoms with Gasteiger partial charge in [-0.1, -0.05) is 0 Å². The first-order valence-electron chi connectivity index (χ1n) is 3.88. The Morgan fingerprint density at radius 3 is 2.86 bits per heavy atom. The minimum Gasteiger partial charge on any atom is -0.493 e. The van der Waals surface area contributed by atoms with Crippen LogP contribution in [0.2, 0.25) is 0 Å². The molecule has 0 aromatic heterocycles. The van der Waals surface area contributed by atoms with E-state index in [1.807, 2.05) is 0 Å². The Hall–Kier alpha value is -1.49. The SMILES string of the molecule is Cl.Nc1cc2c(cc1[N+](=O)[O-])OCC2. The van der Waals surface area contributed by atoms with Gasteiger partial charge in [-0.25, -0.2) is 0 Å². The Bertz CT molecular complexity index is 381. The summed E-state index contributed by atoms with van der Waals surface area (Å²) in [6.07, 6.45) is 0.775. The van der Waals surface area contributed by atoms with Crippen molar-refractivity contribution in [3.63, 3.8) is 0 Å². The highest BCUT2D eigenvalue weighted by molar-refractivity contribution is 5.85. The van der Waals surface area contributed by atoms with Gasteiger partial charge in [-0.05, 0) is 6.07 Å². The highest BCUT2D eigenvalue weighted by atomic mass is 35.5. The zero-order chi connectivity index (χ0) is 9.42. The smallest absolute Gasteiger partial charge is 0.295 e. The molecule has 6 heteroatoms. The molecular formula is C8H9ClN2O3. The average molecular weight is 217 g/mol. The predicted octanol–water partition coefficient (Wildman–Crippen LogP) is 1.53. The van der Waals surface area contributed by atoms with E-state index >= 15 is 0 Å². The van der Waals surface area contributed by atoms with Gasteiger partial charge in [0.05, 0.1) is 17.6 Å². The molecule has 0 spiro atoms. The molecule has 14 heavy (non-hydrogen) atoms. The summed E-state index contributed by atoms with van der Waals surface area (Å²) in [6, 6.07) is 3.00. The van der Waals surface area contributed by atoms with Crippen LogP contribution in [0, 0.1) is 10.1 Å². The second-order valence-electron chi connectivity index (χ2n) is 2.87. The molecule has 1 heterocycles. The van der Waals surface area contributed by atoms with Crippen molar-refractivity contribution in [2.45, 2.75) is 6.42 Å². The molecule has 1 aromatic carbocycles. The zero-order valence-electron chi connectivity index (χ0n) is 7.23. The number of hydrogen-bond donors (Lipinski definition) is 1. The van der Waals surface area contributed by atoms with Crippen molar-refractivity contribution in [2.75, 3.05) is 12.3 Å². The Labute approximate surface area is 86.4 Å². The maximum absolute atomic E-state index is 10.5. The number of ether oxygens (including phenoxy) is 1. The third kappa shape index (κ3) is 1.58. The lowest BCUT2D eigenvalue weighted by atomic mass is 10.1. The van der Waals surface area contributed by atoms with E-state index in [2.05, 4.69) is 0 Å². The summed E-state index contributed by atoms with van der Waals surface area (Å²) < 4.78 is 5.18. The summed E-state index contributed by atoms with van der Waals surface area (Å²) >= 11 is 0. The first-order valence-corrected chi connectivity index (χ1v) is 3.88. The fraction of sp³-hybridized carbons (Fsp3) is 0.250. The van der Waals surface area contributed by atoms with Crippen LogP contribution in [0.15, 0.2) is 12.1 Å². The molecule has 1 aliphatic heterocycles. The third-order valence-electron chi connectivity index (χ3n) is 2.04. The molecule has 0 fully saturated rings. The van der Waals surface area contributed by atoms with Crippen LogP contribution in [0.25, 0.3) is 0 Å². The van der Waals surface area contributed by atoms with Crippen molar-refractivity contribution in [1.29, 1.82) is 0 Å². The van der Waals surface area contributed by atoms with E-state index in [0.29, 0.717) is 12.4 Å². The van der Waals surface area contributed by atoms with E-state index in [4.69, 9.17) is 10.5 Å². The van der Waals surface area contributed by atoms with Gasteiger partial charge < -0.3 is 10.5 Å². The van der Waals surface area contributed by atoms with Crippen LogP contribution in [-0.2, 0) is 6.42 Å². The third-order valence-corrected chi connectivity index (χ3v) is 2.04. The quantitative estimate of drug-likeness (QED) is 0.439. The van der Waals surface area contributed by atoms with Gasteiger partial charge in [0, 0.05) is 12.0 Å². The second-order valence-corrected chi connectivity index (χ2v) is 2.87. The van der Waals surface area contributed by atoms with Crippen LogP contribution in [-0.4, -0.2) is 11.5 Å². The Kier molecular flexibility index (Phi) is 2.81. The molecule has 0 radical (unpaired) electrons. The summed E-state index contributed by atoms with van der Waals surface area (Å²) in [7, 11) is 0. The van der Waals surface area contributed by atoms with Crippen molar-refractivity contribution >= 4 is 23.8 Å². The number of nitro groups is 1. The maximum Gasteiger partial charge on any atom is 0.295 e. The number of fused-ring (bicyclic) bond motifs is 1. The van der Waals surface area contributed by atoms with Gasteiger partial charge in [-0.15, -0.1) is 12.4 Å². The first-order chi connectivity index (χ1) is 6.18. The molecule has 1 aliphatic rings. The molecule has 0 amide bonds. The molecule has 1 aromatic rings. The van der Waals surface area contributed by atoms with Gasteiger partial charge in [-0.3, -0.25) is 10.1 Å². The predicted molar refractivity (Wildman–Crippen MR) is 54.0 cm³/mol. The molecular weight excluding hydrogens is 208 g/mol. The minimum atomic E-state index is -0.503. The molecule has 0 unspecified atom stereocenters. The number of benzene rings is 1. The van der Waals surface area contributed by atoms with Gasteiger partial charge in [-0.2, -0.15) is 0 Å². The van der Waals surface area contributed by atoms with Gasteiger partial charge >= 0.3 is 0 Å². The van der Waals surface area contributed by atoms with Crippen LogP contribution < -0.4 is 10.5 Å². The van der Waals surface area contributed by atoms with Crippen molar-refractivity contribution in [1.82, 2.24) is 0 Å². The Balaban J connectivity index is 0.000000980. The van der Waals surface area contributed by atoms with Crippen molar-refractivity contribution in [2.24, 2.45) is 0 Å². The number of nitro benzene ring substituents is 1. The van der Waals surface area contributed by atoms with Gasteiger partial charge in [0.15, 0.2) is 0 Å². The summed E-state index contributed by atoms with van der Waals surface area (Å²) in [5.74, 6) is 0.584. The van der Waals surface area contributed by atoms with E-state index in [1.54, 1.807) is 6.07 Å². The summed E-state index contributed by atoms with van der Waals surface area (Å²) in [5, 5.41) is 10.5. The van der Waals surface area contributed by atoms with Gasteiger partial charge in [0.25, 0.3) is 5.69 Å². The van der Waals surface area contributed by atoms with Crippen molar-refractivity contribution < 1.29 is 9.66 Å². The number of hydrogen-bond acceptors (Lipinski definition) is 4. The van der Waals surface area contributed by atoms with Gasteiger partial charge in [0.2, 0.25) is 0 Å². The fourth-order valence-corrected chi connectivity index (χ4v) is 1.39. The molecule has 0 atom stereocenters. The second kappa shape index (κ2) is 3.71. The molecule has 2 rings (SSSR count). The minimum absolute atomic E-state index is 0. The fourth-order valence-electron chi connectivity index (χ4n) is 1.39. The Morgan fingerprint density at radius 2 is 2.21 bits per heavy atom. The lowest BCUT2D eigenvalue weighted by Crippen LogP contribution is -1.96. The summed E-state index contributed by atoms with van der Waals surface area (Å²) in [5.41, 5.74) is 6.56. The van der Waals surface area contributed by atoms with Crippen molar-refractivity contribution in [3.05, 3.63) is 27.8 Å².